The molecule has 6 heteroatoms. The van der Waals surface area contributed by atoms with Crippen LogP contribution in [0.25, 0.3) is 0 Å². The molecule has 0 aliphatic rings. The zero-order chi connectivity index (χ0) is 16.5. The summed E-state index contributed by atoms with van der Waals surface area (Å²) in [7, 11) is 0. The Morgan fingerprint density at radius 3 is 2.23 bits per heavy atom. The highest BCUT2D eigenvalue weighted by molar-refractivity contribution is 5.81. The molecule has 0 spiro atoms. The first-order valence-electron chi connectivity index (χ1n) is 7.81. The number of hydrogen-bond donors (Lipinski definition) is 0. The normalized spacial score (nSPS) is 10.2. The molecule has 0 aromatic carbocycles. The molecule has 0 heterocycles. The van der Waals surface area contributed by atoms with E-state index in [-0.39, 0.29) is 12.6 Å². The van der Waals surface area contributed by atoms with Crippen molar-refractivity contribution in [1.29, 1.82) is 0 Å². The van der Waals surface area contributed by atoms with Gasteiger partial charge in [0.25, 0.3) is 0 Å². The van der Waals surface area contributed by atoms with Crippen LogP contribution in [-0.2, 0) is 28.5 Å². The van der Waals surface area contributed by atoms with Crippen molar-refractivity contribution in [3.05, 3.63) is 12.7 Å². The molecule has 0 aromatic rings. The van der Waals surface area contributed by atoms with Crippen LogP contribution in [0, 0.1) is 0 Å². The van der Waals surface area contributed by atoms with Crippen LogP contribution >= 0.6 is 0 Å². The minimum atomic E-state index is -0.444. The Bertz CT molecular complexity index is 303. The number of rotatable bonds is 15. The molecule has 0 saturated carbocycles. The predicted molar refractivity (Wildman–Crippen MR) is 82.5 cm³/mol. The Labute approximate surface area is 132 Å². The zero-order valence-electron chi connectivity index (χ0n) is 13.5. The second-order valence-corrected chi connectivity index (χ2v) is 4.57. The fourth-order valence-corrected chi connectivity index (χ4v) is 1.54. The number of carbonyl (C=O) groups is 2. The summed E-state index contributed by atoms with van der Waals surface area (Å²) in [4.78, 5) is 22.1. The lowest BCUT2D eigenvalue weighted by Crippen LogP contribution is -2.11. The van der Waals surface area contributed by atoms with Crippen molar-refractivity contribution in [3.8, 4) is 0 Å². The lowest BCUT2D eigenvalue weighted by Gasteiger charge is -2.06. The highest BCUT2D eigenvalue weighted by Gasteiger charge is 2.03. The van der Waals surface area contributed by atoms with Crippen LogP contribution in [0.2, 0.25) is 0 Å². The van der Waals surface area contributed by atoms with Crippen LogP contribution in [-0.4, -0.2) is 51.6 Å². The van der Waals surface area contributed by atoms with Crippen LogP contribution < -0.4 is 0 Å². The van der Waals surface area contributed by atoms with E-state index in [0.29, 0.717) is 39.1 Å². The number of carbonyl (C=O) groups excluding carboxylic acids is 2. The number of ether oxygens (including phenoxy) is 4. The summed E-state index contributed by atoms with van der Waals surface area (Å²) in [5.41, 5.74) is 0. The molecule has 6 nitrogen and oxygen atoms in total. The van der Waals surface area contributed by atoms with Crippen molar-refractivity contribution in [2.75, 3.05) is 39.6 Å². The van der Waals surface area contributed by atoms with Gasteiger partial charge in [-0.05, 0) is 32.6 Å². The molecule has 22 heavy (non-hydrogen) atoms. The molecule has 0 aliphatic heterocycles. The maximum atomic E-state index is 11.4. The summed E-state index contributed by atoms with van der Waals surface area (Å²) in [6.45, 7) is 8.40. The largest absolute Gasteiger partial charge is 0.463 e. The molecule has 0 N–H and O–H groups in total. The van der Waals surface area contributed by atoms with E-state index in [1.54, 1.807) is 0 Å². The summed E-state index contributed by atoms with van der Waals surface area (Å²) in [5, 5.41) is 0. The van der Waals surface area contributed by atoms with Crippen LogP contribution in [0.5, 0.6) is 0 Å². The average molecular weight is 316 g/mol. The predicted octanol–water partition coefficient (Wildman–Crippen LogP) is 2.26. The molecule has 0 unspecified atom stereocenters. The number of esters is 2. The van der Waals surface area contributed by atoms with Gasteiger partial charge in [0, 0.05) is 32.3 Å². The van der Waals surface area contributed by atoms with Crippen LogP contribution in [0.1, 0.15) is 39.0 Å². The van der Waals surface area contributed by atoms with Gasteiger partial charge in [-0.1, -0.05) is 6.58 Å². The first kappa shape index (κ1) is 20.6. The van der Waals surface area contributed by atoms with E-state index in [0.717, 1.165) is 32.1 Å². The Balaban J connectivity index is 3.22. The maximum Gasteiger partial charge on any atom is 0.330 e. The van der Waals surface area contributed by atoms with Gasteiger partial charge in [-0.2, -0.15) is 0 Å². The van der Waals surface area contributed by atoms with Gasteiger partial charge in [-0.25, -0.2) is 4.79 Å². The third kappa shape index (κ3) is 15.0. The lowest BCUT2D eigenvalue weighted by molar-refractivity contribution is -0.145. The van der Waals surface area contributed by atoms with E-state index < -0.39 is 5.97 Å². The third-order valence-electron chi connectivity index (χ3n) is 2.71. The quantitative estimate of drug-likeness (QED) is 0.262. The van der Waals surface area contributed by atoms with E-state index in [1.165, 1.54) is 0 Å². The molecule has 0 bridgehead atoms. The molecule has 128 valence electrons. The van der Waals surface area contributed by atoms with Gasteiger partial charge in [0.15, 0.2) is 0 Å². The van der Waals surface area contributed by atoms with Gasteiger partial charge >= 0.3 is 11.9 Å². The Morgan fingerprint density at radius 1 is 0.864 bits per heavy atom. The van der Waals surface area contributed by atoms with E-state index in [9.17, 15) is 9.59 Å². The summed E-state index contributed by atoms with van der Waals surface area (Å²) in [6, 6.07) is 0. The molecule has 0 fully saturated rings. The fourth-order valence-electron chi connectivity index (χ4n) is 1.54. The van der Waals surface area contributed by atoms with Gasteiger partial charge in [-0.3, -0.25) is 4.79 Å². The lowest BCUT2D eigenvalue weighted by atomic mass is 10.2. The smallest absolute Gasteiger partial charge is 0.330 e. The summed E-state index contributed by atoms with van der Waals surface area (Å²) in [5.74, 6) is -0.698. The molecule has 0 saturated heterocycles. The van der Waals surface area contributed by atoms with E-state index in [2.05, 4.69) is 6.58 Å². The topological polar surface area (TPSA) is 71.1 Å². The minimum absolute atomic E-state index is 0.255. The maximum absolute atomic E-state index is 11.4. The van der Waals surface area contributed by atoms with Gasteiger partial charge in [0.1, 0.15) is 6.61 Å². The minimum Gasteiger partial charge on any atom is -0.463 e. The van der Waals surface area contributed by atoms with E-state index in [4.69, 9.17) is 18.9 Å². The van der Waals surface area contributed by atoms with Crippen LogP contribution in [0.3, 0.4) is 0 Å². The summed E-state index contributed by atoms with van der Waals surface area (Å²) < 4.78 is 20.4. The molecule has 0 aliphatic carbocycles. The van der Waals surface area contributed by atoms with Crippen molar-refractivity contribution >= 4 is 11.9 Å². The van der Waals surface area contributed by atoms with Gasteiger partial charge in [0.05, 0.1) is 13.2 Å². The molecule has 0 amide bonds. The monoisotopic (exact) mass is 316 g/mol. The Kier molecular flexibility index (Phi) is 15.0. The molecular weight excluding hydrogens is 288 g/mol. The Hall–Kier alpha value is -1.40. The Morgan fingerprint density at radius 2 is 1.55 bits per heavy atom. The van der Waals surface area contributed by atoms with Gasteiger partial charge < -0.3 is 18.9 Å². The first-order valence-corrected chi connectivity index (χ1v) is 7.81. The van der Waals surface area contributed by atoms with Crippen molar-refractivity contribution in [2.24, 2.45) is 0 Å². The SMILES string of the molecule is C=CC(=O)OCCCCC(=O)OCCOCCCCOCC. The second-order valence-electron chi connectivity index (χ2n) is 4.57. The highest BCUT2D eigenvalue weighted by atomic mass is 16.6. The zero-order valence-corrected chi connectivity index (χ0v) is 13.5. The number of hydrogen-bond acceptors (Lipinski definition) is 6. The standard InChI is InChI=1S/C16H28O6/c1-3-15(17)21-12-6-5-9-16(18)22-14-13-20-11-8-7-10-19-4-2/h3H,1,4-14H2,2H3. The van der Waals surface area contributed by atoms with Gasteiger partial charge in [-0.15, -0.1) is 0 Å². The van der Waals surface area contributed by atoms with Gasteiger partial charge in [0.2, 0.25) is 0 Å². The first-order chi connectivity index (χ1) is 10.7. The third-order valence-corrected chi connectivity index (χ3v) is 2.71. The molecular formula is C16H28O6. The van der Waals surface area contributed by atoms with Crippen LogP contribution in [0.15, 0.2) is 12.7 Å². The average Bonchev–Trinajstić information content (AvgIpc) is 2.52. The molecule has 0 atom stereocenters. The second kappa shape index (κ2) is 16.0. The van der Waals surface area contributed by atoms with Crippen molar-refractivity contribution in [3.63, 3.8) is 0 Å². The van der Waals surface area contributed by atoms with Crippen molar-refractivity contribution in [1.82, 2.24) is 0 Å². The number of unbranched alkanes of at least 4 members (excludes halogenated alkanes) is 2. The fraction of sp³-hybridized carbons (Fsp3) is 0.750. The molecule has 0 radical (unpaired) electrons. The highest BCUT2D eigenvalue weighted by Crippen LogP contribution is 1.99. The van der Waals surface area contributed by atoms with Crippen molar-refractivity contribution in [2.45, 2.75) is 39.0 Å². The van der Waals surface area contributed by atoms with E-state index >= 15 is 0 Å². The molecule has 0 rings (SSSR count). The van der Waals surface area contributed by atoms with E-state index in [1.807, 2.05) is 6.92 Å². The molecule has 0 aromatic heterocycles. The van der Waals surface area contributed by atoms with Crippen LogP contribution in [0.4, 0.5) is 0 Å². The van der Waals surface area contributed by atoms with Crippen molar-refractivity contribution < 1.29 is 28.5 Å². The summed E-state index contributed by atoms with van der Waals surface area (Å²) >= 11 is 0. The summed E-state index contributed by atoms with van der Waals surface area (Å²) in [6.07, 6.45) is 4.61.